The Kier molecular flexibility index (Phi) is 4.16. The van der Waals surface area contributed by atoms with Crippen LogP contribution >= 0.6 is 0 Å². The summed E-state index contributed by atoms with van der Waals surface area (Å²) in [5.41, 5.74) is -0.0299. The Labute approximate surface area is 106 Å². The number of furan rings is 1. The van der Waals surface area contributed by atoms with Crippen molar-refractivity contribution >= 4 is 11.9 Å². The van der Waals surface area contributed by atoms with Gasteiger partial charge in [0.05, 0.1) is 0 Å². The minimum absolute atomic E-state index is 0.0203. The smallest absolute Gasteiger partial charge is 0.371 e. The SMILES string of the molecule is CC(C)C(C)(C)CNC(=O)c1ccc(C(=O)O)o1. The Bertz CT molecular complexity index is 446. The van der Waals surface area contributed by atoms with Crippen LogP contribution in [-0.4, -0.2) is 23.5 Å². The monoisotopic (exact) mass is 253 g/mol. The number of carbonyl (C=O) groups is 2. The minimum Gasteiger partial charge on any atom is -0.475 e. The van der Waals surface area contributed by atoms with Crippen LogP contribution in [0.3, 0.4) is 0 Å². The lowest BCUT2D eigenvalue weighted by Gasteiger charge is -2.29. The number of hydrogen-bond acceptors (Lipinski definition) is 3. The van der Waals surface area contributed by atoms with Crippen LogP contribution in [0, 0.1) is 11.3 Å². The summed E-state index contributed by atoms with van der Waals surface area (Å²) in [7, 11) is 0. The minimum atomic E-state index is -1.18. The average molecular weight is 253 g/mol. The molecule has 1 aromatic rings. The fourth-order valence-corrected chi connectivity index (χ4v) is 1.17. The Balaban J connectivity index is 2.63. The van der Waals surface area contributed by atoms with Crippen LogP contribution in [0.1, 0.15) is 48.8 Å². The van der Waals surface area contributed by atoms with Gasteiger partial charge in [-0.2, -0.15) is 0 Å². The van der Waals surface area contributed by atoms with Crippen molar-refractivity contribution in [3.63, 3.8) is 0 Å². The van der Waals surface area contributed by atoms with E-state index < -0.39 is 11.9 Å². The van der Waals surface area contributed by atoms with Gasteiger partial charge in [0.2, 0.25) is 5.76 Å². The first-order chi connectivity index (χ1) is 8.24. The Morgan fingerprint density at radius 2 is 1.89 bits per heavy atom. The zero-order chi connectivity index (χ0) is 13.9. The first-order valence-electron chi connectivity index (χ1n) is 5.85. The summed E-state index contributed by atoms with van der Waals surface area (Å²) in [4.78, 5) is 22.4. The molecule has 5 nitrogen and oxygen atoms in total. The second-order valence-corrected chi connectivity index (χ2v) is 5.30. The third-order valence-electron chi connectivity index (χ3n) is 3.31. The molecule has 1 amide bonds. The number of carboxylic acid groups (broad SMARTS) is 1. The summed E-state index contributed by atoms with van der Waals surface area (Å²) < 4.78 is 4.92. The number of amides is 1. The number of carbonyl (C=O) groups excluding carboxylic acids is 1. The molecule has 1 aromatic heterocycles. The topological polar surface area (TPSA) is 79.5 Å². The van der Waals surface area contributed by atoms with Crippen LogP contribution in [-0.2, 0) is 0 Å². The maximum atomic E-state index is 11.8. The van der Waals surface area contributed by atoms with Crippen molar-refractivity contribution in [2.75, 3.05) is 6.54 Å². The van der Waals surface area contributed by atoms with Crippen molar-refractivity contribution in [3.8, 4) is 0 Å². The van der Waals surface area contributed by atoms with Crippen molar-refractivity contribution in [1.29, 1.82) is 0 Å². The van der Waals surface area contributed by atoms with Gasteiger partial charge in [0.15, 0.2) is 5.76 Å². The third-order valence-corrected chi connectivity index (χ3v) is 3.31. The van der Waals surface area contributed by atoms with E-state index in [0.717, 1.165) is 0 Å². The molecule has 0 aliphatic heterocycles. The molecule has 1 rings (SSSR count). The highest BCUT2D eigenvalue weighted by Gasteiger charge is 2.24. The van der Waals surface area contributed by atoms with Crippen LogP contribution in [0.15, 0.2) is 16.5 Å². The molecule has 0 fully saturated rings. The molecule has 18 heavy (non-hydrogen) atoms. The lowest BCUT2D eigenvalue weighted by Crippen LogP contribution is -2.36. The van der Waals surface area contributed by atoms with Crippen molar-refractivity contribution in [3.05, 3.63) is 23.7 Å². The average Bonchev–Trinajstić information content (AvgIpc) is 2.75. The van der Waals surface area contributed by atoms with Gasteiger partial charge in [-0.1, -0.05) is 27.7 Å². The van der Waals surface area contributed by atoms with E-state index in [1.165, 1.54) is 12.1 Å². The van der Waals surface area contributed by atoms with E-state index in [1.54, 1.807) is 0 Å². The van der Waals surface area contributed by atoms with Crippen molar-refractivity contribution in [2.45, 2.75) is 27.7 Å². The van der Waals surface area contributed by atoms with Crippen LogP contribution in [0.4, 0.5) is 0 Å². The Morgan fingerprint density at radius 3 is 2.33 bits per heavy atom. The van der Waals surface area contributed by atoms with E-state index in [1.807, 2.05) is 0 Å². The van der Waals surface area contributed by atoms with Crippen LogP contribution in [0.25, 0.3) is 0 Å². The molecular formula is C13H19NO4. The Hall–Kier alpha value is -1.78. The molecule has 0 radical (unpaired) electrons. The molecule has 0 aliphatic carbocycles. The van der Waals surface area contributed by atoms with Gasteiger partial charge in [0.25, 0.3) is 5.91 Å². The maximum absolute atomic E-state index is 11.8. The second-order valence-electron chi connectivity index (χ2n) is 5.30. The summed E-state index contributed by atoms with van der Waals surface area (Å²) in [6, 6.07) is 2.63. The van der Waals surface area contributed by atoms with E-state index in [0.29, 0.717) is 12.5 Å². The number of aromatic carboxylic acids is 1. The van der Waals surface area contributed by atoms with Crippen LogP contribution in [0.2, 0.25) is 0 Å². The standard InChI is InChI=1S/C13H19NO4/c1-8(2)13(3,4)7-14-11(15)9-5-6-10(18-9)12(16)17/h5-6,8H,7H2,1-4H3,(H,14,15)(H,16,17). The molecule has 2 N–H and O–H groups in total. The van der Waals surface area contributed by atoms with Gasteiger partial charge in [-0.15, -0.1) is 0 Å². The fourth-order valence-electron chi connectivity index (χ4n) is 1.17. The van der Waals surface area contributed by atoms with Crippen molar-refractivity contribution < 1.29 is 19.1 Å². The molecule has 0 unspecified atom stereocenters. The molecule has 0 bridgehead atoms. The largest absolute Gasteiger partial charge is 0.475 e. The van der Waals surface area contributed by atoms with E-state index in [-0.39, 0.29) is 16.9 Å². The predicted molar refractivity (Wildman–Crippen MR) is 66.6 cm³/mol. The molecule has 5 heteroatoms. The first kappa shape index (κ1) is 14.3. The second kappa shape index (κ2) is 5.25. The molecule has 0 aromatic carbocycles. The van der Waals surface area contributed by atoms with E-state index >= 15 is 0 Å². The van der Waals surface area contributed by atoms with Crippen LogP contribution < -0.4 is 5.32 Å². The van der Waals surface area contributed by atoms with E-state index in [2.05, 4.69) is 33.0 Å². The summed E-state index contributed by atoms with van der Waals surface area (Å²) in [6.07, 6.45) is 0. The Morgan fingerprint density at radius 1 is 1.33 bits per heavy atom. The number of nitrogens with one attached hydrogen (secondary N) is 1. The zero-order valence-corrected chi connectivity index (χ0v) is 11.1. The molecule has 0 saturated heterocycles. The van der Waals surface area contributed by atoms with Gasteiger partial charge in [-0.25, -0.2) is 4.79 Å². The maximum Gasteiger partial charge on any atom is 0.371 e. The lowest BCUT2D eigenvalue weighted by atomic mass is 9.81. The molecule has 100 valence electrons. The highest BCUT2D eigenvalue weighted by atomic mass is 16.4. The third kappa shape index (κ3) is 3.35. The molecule has 1 heterocycles. The molecular weight excluding hydrogens is 234 g/mol. The summed E-state index contributed by atoms with van der Waals surface area (Å²) in [5.74, 6) is -1.37. The normalized spacial score (nSPS) is 11.6. The zero-order valence-electron chi connectivity index (χ0n) is 11.1. The van der Waals surface area contributed by atoms with Crippen LogP contribution in [0.5, 0.6) is 0 Å². The molecule has 0 saturated carbocycles. The summed E-state index contributed by atoms with van der Waals surface area (Å²) in [6.45, 7) is 8.79. The highest BCUT2D eigenvalue weighted by Crippen LogP contribution is 2.24. The van der Waals surface area contributed by atoms with Gasteiger partial charge in [-0.05, 0) is 23.5 Å². The van der Waals surface area contributed by atoms with Gasteiger partial charge < -0.3 is 14.8 Å². The fraction of sp³-hybridized carbons (Fsp3) is 0.538. The van der Waals surface area contributed by atoms with Crippen molar-refractivity contribution in [1.82, 2.24) is 5.32 Å². The number of hydrogen-bond donors (Lipinski definition) is 2. The number of rotatable bonds is 5. The first-order valence-corrected chi connectivity index (χ1v) is 5.85. The van der Waals surface area contributed by atoms with Gasteiger partial charge in [0, 0.05) is 6.54 Å². The lowest BCUT2D eigenvalue weighted by molar-refractivity contribution is 0.0659. The van der Waals surface area contributed by atoms with Crippen molar-refractivity contribution in [2.24, 2.45) is 11.3 Å². The van der Waals surface area contributed by atoms with Gasteiger partial charge >= 0.3 is 5.97 Å². The summed E-state index contributed by atoms with van der Waals surface area (Å²) in [5, 5.41) is 11.4. The van der Waals surface area contributed by atoms with Gasteiger partial charge in [0.1, 0.15) is 0 Å². The van der Waals surface area contributed by atoms with E-state index in [9.17, 15) is 9.59 Å². The quantitative estimate of drug-likeness (QED) is 0.844. The predicted octanol–water partition coefficient (Wildman–Crippen LogP) is 2.39. The molecule has 0 spiro atoms. The number of carboxylic acids is 1. The van der Waals surface area contributed by atoms with Gasteiger partial charge in [-0.3, -0.25) is 4.79 Å². The molecule has 0 aliphatic rings. The highest BCUT2D eigenvalue weighted by molar-refractivity contribution is 5.93. The molecule has 0 atom stereocenters. The van der Waals surface area contributed by atoms with E-state index in [4.69, 9.17) is 9.52 Å². The summed E-state index contributed by atoms with van der Waals surface area (Å²) >= 11 is 0.